The largest absolute Gasteiger partial charge is 0.338 e. The first-order valence-corrected chi connectivity index (χ1v) is 11.5. The fourth-order valence-electron chi connectivity index (χ4n) is 4.19. The van der Waals surface area contributed by atoms with Gasteiger partial charge in [-0.2, -0.15) is 5.10 Å². The number of nitrogens with zero attached hydrogens (tertiary/aromatic N) is 5. The summed E-state index contributed by atoms with van der Waals surface area (Å²) in [4.78, 5) is 34.4. The molecule has 7 nitrogen and oxygen atoms in total. The fourth-order valence-corrected chi connectivity index (χ4v) is 4.88. The van der Waals surface area contributed by atoms with Gasteiger partial charge in [-0.3, -0.25) is 9.59 Å². The second-order valence-corrected chi connectivity index (χ2v) is 8.76. The van der Waals surface area contributed by atoms with E-state index in [-0.39, 0.29) is 18.4 Å². The van der Waals surface area contributed by atoms with E-state index in [1.807, 2.05) is 58.5 Å². The number of carbonyl (C=O) groups excluding carboxylic acids is 2. The van der Waals surface area contributed by atoms with E-state index in [0.717, 1.165) is 27.1 Å². The summed E-state index contributed by atoms with van der Waals surface area (Å²) < 4.78 is 1.70. The van der Waals surface area contributed by atoms with Gasteiger partial charge in [0.15, 0.2) is 5.65 Å². The molecule has 0 saturated carbocycles. The Bertz CT molecular complexity index is 1260. The van der Waals surface area contributed by atoms with Crippen LogP contribution in [0.15, 0.2) is 60.1 Å². The number of thiophene rings is 1. The maximum Gasteiger partial charge on any atom is 0.264 e. The lowest BCUT2D eigenvalue weighted by Crippen LogP contribution is -2.51. The summed E-state index contributed by atoms with van der Waals surface area (Å²) in [5.74, 6) is 0.0305. The number of aryl methyl sites for hydroxylation is 1. The van der Waals surface area contributed by atoms with E-state index in [0.29, 0.717) is 31.8 Å². The molecule has 0 radical (unpaired) electrons. The van der Waals surface area contributed by atoms with Gasteiger partial charge in [-0.25, -0.2) is 9.67 Å². The summed E-state index contributed by atoms with van der Waals surface area (Å²) in [7, 11) is 0. The highest BCUT2D eigenvalue weighted by atomic mass is 32.1. The van der Waals surface area contributed by atoms with E-state index >= 15 is 0 Å². The topological polar surface area (TPSA) is 71.3 Å². The molecule has 0 atom stereocenters. The SMILES string of the molecule is Cc1nn(CC(=O)N2CCN(C(=O)c3cccs3)CC2)c2nccc(-c3ccccc3)c12. The van der Waals surface area contributed by atoms with Crippen molar-refractivity contribution in [3.8, 4) is 11.1 Å². The Morgan fingerprint density at radius 2 is 1.72 bits per heavy atom. The average Bonchev–Trinajstić information content (AvgIpc) is 3.48. The molecular formula is C24H23N5O2S. The Balaban J connectivity index is 1.31. The lowest BCUT2D eigenvalue weighted by atomic mass is 10.0. The minimum absolute atomic E-state index is 0.00969. The first kappa shape index (κ1) is 20.4. The molecule has 0 bridgehead atoms. The van der Waals surface area contributed by atoms with Crippen LogP contribution in [-0.4, -0.2) is 62.6 Å². The Morgan fingerprint density at radius 3 is 2.44 bits per heavy atom. The second-order valence-electron chi connectivity index (χ2n) is 7.82. The lowest BCUT2D eigenvalue weighted by Gasteiger charge is -2.34. The Kier molecular flexibility index (Phi) is 5.45. The molecule has 3 aromatic heterocycles. The zero-order valence-electron chi connectivity index (χ0n) is 17.8. The van der Waals surface area contributed by atoms with Gasteiger partial charge in [-0.15, -0.1) is 11.3 Å². The van der Waals surface area contributed by atoms with Crippen LogP contribution in [0.25, 0.3) is 22.2 Å². The van der Waals surface area contributed by atoms with Crippen LogP contribution in [0.3, 0.4) is 0 Å². The third-order valence-electron chi connectivity index (χ3n) is 5.83. The first-order valence-electron chi connectivity index (χ1n) is 10.6. The molecule has 4 heterocycles. The monoisotopic (exact) mass is 445 g/mol. The summed E-state index contributed by atoms with van der Waals surface area (Å²) in [6.45, 7) is 4.21. The molecular weight excluding hydrogens is 422 g/mol. The minimum Gasteiger partial charge on any atom is -0.338 e. The average molecular weight is 446 g/mol. The van der Waals surface area contributed by atoms with Crippen LogP contribution in [0.2, 0.25) is 0 Å². The Morgan fingerprint density at radius 1 is 0.969 bits per heavy atom. The number of hydrogen-bond donors (Lipinski definition) is 0. The molecule has 8 heteroatoms. The van der Waals surface area contributed by atoms with Gasteiger partial charge in [-0.1, -0.05) is 36.4 Å². The Hall–Kier alpha value is -3.52. The number of fused-ring (bicyclic) bond motifs is 1. The standard InChI is InChI=1S/C24H23N5O2S/c1-17-22-19(18-6-3-2-4-7-18)9-10-25-23(22)29(26-17)16-21(30)27-11-13-28(14-12-27)24(31)20-8-5-15-32-20/h2-10,15H,11-14,16H2,1H3. The maximum atomic E-state index is 13.0. The number of hydrogen-bond acceptors (Lipinski definition) is 5. The van der Waals surface area contributed by atoms with E-state index in [2.05, 4.69) is 22.2 Å². The van der Waals surface area contributed by atoms with Crippen LogP contribution >= 0.6 is 11.3 Å². The number of amides is 2. The Labute approximate surface area is 189 Å². The van der Waals surface area contributed by atoms with Crippen molar-refractivity contribution in [2.24, 2.45) is 0 Å². The normalized spacial score (nSPS) is 14.2. The molecule has 2 amide bonds. The highest BCUT2D eigenvalue weighted by molar-refractivity contribution is 7.12. The molecule has 1 saturated heterocycles. The highest BCUT2D eigenvalue weighted by Gasteiger charge is 2.26. The molecule has 0 N–H and O–H groups in total. The van der Waals surface area contributed by atoms with Gasteiger partial charge in [0.2, 0.25) is 5.91 Å². The van der Waals surface area contributed by atoms with Crippen LogP contribution in [0.5, 0.6) is 0 Å². The van der Waals surface area contributed by atoms with Gasteiger partial charge in [0, 0.05) is 37.8 Å². The number of carbonyl (C=O) groups is 2. The van der Waals surface area contributed by atoms with E-state index < -0.39 is 0 Å². The number of rotatable bonds is 4. The van der Waals surface area contributed by atoms with Gasteiger partial charge in [-0.05, 0) is 35.6 Å². The van der Waals surface area contributed by atoms with E-state index in [4.69, 9.17) is 0 Å². The van der Waals surface area contributed by atoms with Gasteiger partial charge in [0.25, 0.3) is 5.91 Å². The summed E-state index contributed by atoms with van der Waals surface area (Å²) in [5.41, 5.74) is 3.72. The molecule has 1 aliphatic rings. The predicted molar refractivity (Wildman–Crippen MR) is 125 cm³/mol. The van der Waals surface area contributed by atoms with Crippen molar-refractivity contribution in [2.45, 2.75) is 13.5 Å². The van der Waals surface area contributed by atoms with Gasteiger partial charge < -0.3 is 9.80 Å². The van der Waals surface area contributed by atoms with Crippen molar-refractivity contribution in [1.29, 1.82) is 0 Å². The smallest absolute Gasteiger partial charge is 0.264 e. The van der Waals surface area contributed by atoms with E-state index in [1.165, 1.54) is 11.3 Å². The molecule has 1 aromatic carbocycles. The lowest BCUT2D eigenvalue weighted by molar-refractivity contribution is -0.133. The van der Waals surface area contributed by atoms with Crippen molar-refractivity contribution in [2.75, 3.05) is 26.2 Å². The maximum absolute atomic E-state index is 13.0. The molecule has 5 rings (SSSR count). The molecule has 0 unspecified atom stereocenters. The number of benzene rings is 1. The summed E-state index contributed by atoms with van der Waals surface area (Å²) in [6.07, 6.45) is 1.77. The predicted octanol–water partition coefficient (Wildman–Crippen LogP) is 3.45. The number of pyridine rings is 1. The van der Waals surface area contributed by atoms with Crippen molar-refractivity contribution < 1.29 is 9.59 Å². The molecule has 162 valence electrons. The molecule has 1 aliphatic heterocycles. The quantitative estimate of drug-likeness (QED) is 0.482. The van der Waals surface area contributed by atoms with Crippen molar-refractivity contribution in [1.82, 2.24) is 24.6 Å². The van der Waals surface area contributed by atoms with Crippen LogP contribution in [0.4, 0.5) is 0 Å². The molecule has 1 fully saturated rings. The van der Waals surface area contributed by atoms with Crippen LogP contribution in [-0.2, 0) is 11.3 Å². The number of aromatic nitrogens is 3. The third kappa shape index (κ3) is 3.78. The van der Waals surface area contributed by atoms with Gasteiger partial charge >= 0.3 is 0 Å². The molecule has 4 aromatic rings. The summed E-state index contributed by atoms with van der Waals surface area (Å²) >= 11 is 1.45. The fraction of sp³-hybridized carbons (Fsp3) is 0.250. The highest BCUT2D eigenvalue weighted by Crippen LogP contribution is 2.29. The van der Waals surface area contributed by atoms with Crippen LogP contribution in [0.1, 0.15) is 15.4 Å². The van der Waals surface area contributed by atoms with Gasteiger partial charge in [0.05, 0.1) is 10.6 Å². The second kappa shape index (κ2) is 8.55. The first-order chi connectivity index (χ1) is 15.6. The summed E-state index contributed by atoms with van der Waals surface area (Å²) in [6, 6.07) is 15.8. The van der Waals surface area contributed by atoms with Crippen LogP contribution in [0, 0.1) is 6.92 Å². The summed E-state index contributed by atoms with van der Waals surface area (Å²) in [5, 5.41) is 7.50. The third-order valence-corrected chi connectivity index (χ3v) is 6.69. The zero-order chi connectivity index (χ0) is 22.1. The van der Waals surface area contributed by atoms with Crippen molar-refractivity contribution >= 4 is 34.2 Å². The minimum atomic E-state index is -0.00969. The molecule has 32 heavy (non-hydrogen) atoms. The molecule has 0 aliphatic carbocycles. The van der Waals surface area contributed by atoms with Crippen LogP contribution < -0.4 is 0 Å². The molecule has 0 spiro atoms. The van der Waals surface area contributed by atoms with E-state index in [9.17, 15) is 9.59 Å². The van der Waals surface area contributed by atoms with Gasteiger partial charge in [0.1, 0.15) is 6.54 Å². The van der Waals surface area contributed by atoms with Crippen molar-refractivity contribution in [3.05, 3.63) is 70.7 Å². The van der Waals surface area contributed by atoms with E-state index in [1.54, 1.807) is 10.9 Å². The number of piperazine rings is 1. The zero-order valence-corrected chi connectivity index (χ0v) is 18.6. The van der Waals surface area contributed by atoms with Crippen molar-refractivity contribution in [3.63, 3.8) is 0 Å².